The van der Waals surface area contributed by atoms with E-state index < -0.39 is 0 Å². The van der Waals surface area contributed by atoms with Crippen LogP contribution in [-0.2, 0) is 11.2 Å². The van der Waals surface area contributed by atoms with E-state index in [1.807, 2.05) is 19.1 Å². The highest BCUT2D eigenvalue weighted by Gasteiger charge is 2.19. The van der Waals surface area contributed by atoms with Crippen molar-refractivity contribution in [3.8, 4) is 0 Å². The maximum Gasteiger partial charge on any atom is 0.224 e. The van der Waals surface area contributed by atoms with E-state index in [0.29, 0.717) is 6.42 Å². The molecule has 0 unspecified atom stereocenters. The van der Waals surface area contributed by atoms with Gasteiger partial charge in [-0.25, -0.2) is 0 Å². The monoisotopic (exact) mass is 343 g/mol. The van der Waals surface area contributed by atoms with Gasteiger partial charge in [0.25, 0.3) is 0 Å². The first-order valence-corrected chi connectivity index (χ1v) is 9.22. The normalized spacial score (nSPS) is 17.7. The lowest BCUT2D eigenvalue weighted by molar-refractivity contribution is -0.121. The largest absolute Gasteiger partial charge is 0.464 e. The van der Waals surface area contributed by atoms with Crippen molar-refractivity contribution >= 4 is 16.9 Å². The van der Waals surface area contributed by atoms with Crippen LogP contribution < -0.4 is 5.32 Å². The lowest BCUT2D eigenvalue weighted by atomic mass is 10.1. The molecule has 0 radical (unpaired) electrons. The van der Waals surface area contributed by atoms with Gasteiger partial charge < -0.3 is 14.6 Å². The van der Waals surface area contributed by atoms with Crippen molar-refractivity contribution in [2.45, 2.75) is 32.7 Å². The Bertz CT molecular complexity index is 717. The molecular formula is C20H29N3O2. The highest BCUT2D eigenvalue weighted by Crippen LogP contribution is 2.22. The van der Waals surface area contributed by atoms with E-state index in [0.717, 1.165) is 61.2 Å². The molecule has 25 heavy (non-hydrogen) atoms. The summed E-state index contributed by atoms with van der Waals surface area (Å²) in [6.07, 6.45) is 3.03. The van der Waals surface area contributed by atoms with Gasteiger partial charge in [0, 0.05) is 49.7 Å². The van der Waals surface area contributed by atoms with Crippen LogP contribution in [0.3, 0.4) is 0 Å². The van der Waals surface area contributed by atoms with Gasteiger partial charge in [-0.1, -0.05) is 19.1 Å². The first kappa shape index (κ1) is 18.0. The third-order valence-corrected chi connectivity index (χ3v) is 5.09. The van der Waals surface area contributed by atoms with E-state index in [9.17, 15) is 4.79 Å². The average Bonchev–Trinajstić information content (AvgIpc) is 2.98. The van der Waals surface area contributed by atoms with E-state index in [1.165, 1.54) is 0 Å². The molecule has 5 heteroatoms. The maximum absolute atomic E-state index is 12.5. The molecule has 1 saturated heterocycles. The van der Waals surface area contributed by atoms with Crippen molar-refractivity contribution in [2.75, 3.05) is 39.8 Å². The quantitative estimate of drug-likeness (QED) is 0.875. The van der Waals surface area contributed by atoms with Crippen LogP contribution in [0.5, 0.6) is 0 Å². The third kappa shape index (κ3) is 4.61. The zero-order valence-corrected chi connectivity index (χ0v) is 15.5. The molecule has 1 fully saturated rings. The van der Waals surface area contributed by atoms with Gasteiger partial charge in [-0.3, -0.25) is 9.69 Å². The Morgan fingerprint density at radius 3 is 2.76 bits per heavy atom. The number of benzene rings is 1. The lowest BCUT2D eigenvalue weighted by Crippen LogP contribution is -2.50. The predicted molar refractivity (Wildman–Crippen MR) is 101 cm³/mol. The summed E-state index contributed by atoms with van der Waals surface area (Å²) in [5.74, 6) is 0.0734. The van der Waals surface area contributed by atoms with Gasteiger partial charge in [-0.15, -0.1) is 0 Å². The number of aryl methyl sites for hydroxylation is 1. The molecule has 5 nitrogen and oxygen atoms in total. The zero-order chi connectivity index (χ0) is 17.8. The molecule has 0 aliphatic carbocycles. The molecule has 136 valence electrons. The fourth-order valence-corrected chi connectivity index (χ4v) is 3.40. The van der Waals surface area contributed by atoms with Crippen LogP contribution in [0.15, 0.2) is 28.9 Å². The first-order valence-electron chi connectivity index (χ1n) is 9.22. The fourth-order valence-electron chi connectivity index (χ4n) is 3.40. The Morgan fingerprint density at radius 2 is 2.04 bits per heavy atom. The minimum absolute atomic E-state index is 0.0734. The van der Waals surface area contributed by atoms with Crippen molar-refractivity contribution in [2.24, 2.45) is 0 Å². The van der Waals surface area contributed by atoms with Crippen molar-refractivity contribution in [3.05, 3.63) is 35.6 Å². The number of nitrogens with one attached hydrogen (secondary N) is 1. The molecule has 2 heterocycles. The Balaban J connectivity index is 1.56. The number of carbonyl (C=O) groups excluding carboxylic acids is 1. The van der Waals surface area contributed by atoms with Gasteiger partial charge in [0.2, 0.25) is 5.91 Å². The summed E-state index contributed by atoms with van der Waals surface area (Å²) in [4.78, 5) is 17.3. The molecule has 1 N–H and O–H groups in total. The molecule has 3 rings (SSSR count). The third-order valence-electron chi connectivity index (χ3n) is 5.09. The van der Waals surface area contributed by atoms with Crippen LogP contribution in [0.2, 0.25) is 0 Å². The van der Waals surface area contributed by atoms with Crippen LogP contribution in [0, 0.1) is 6.92 Å². The number of rotatable bonds is 6. The van der Waals surface area contributed by atoms with Crippen molar-refractivity contribution in [1.29, 1.82) is 0 Å². The molecule has 1 aromatic carbocycles. The number of hydrogen-bond acceptors (Lipinski definition) is 4. The van der Waals surface area contributed by atoms with Crippen molar-refractivity contribution < 1.29 is 9.21 Å². The lowest BCUT2D eigenvalue weighted by Gasteiger charge is -2.34. The zero-order valence-electron chi connectivity index (χ0n) is 15.5. The average molecular weight is 343 g/mol. The molecule has 1 aromatic heterocycles. The van der Waals surface area contributed by atoms with E-state index in [-0.39, 0.29) is 11.9 Å². The van der Waals surface area contributed by atoms with Gasteiger partial charge in [-0.2, -0.15) is 0 Å². The van der Waals surface area contributed by atoms with Crippen molar-refractivity contribution in [3.63, 3.8) is 0 Å². The van der Waals surface area contributed by atoms with Crippen molar-refractivity contribution in [1.82, 2.24) is 15.1 Å². The molecule has 0 bridgehead atoms. The van der Waals surface area contributed by atoms with Crippen LogP contribution in [0.25, 0.3) is 11.0 Å². The Labute approximate surface area is 150 Å². The molecule has 1 amide bonds. The number of piperazine rings is 1. The Kier molecular flexibility index (Phi) is 5.76. The maximum atomic E-state index is 12.5. The van der Waals surface area contributed by atoms with Crippen LogP contribution in [-0.4, -0.2) is 61.5 Å². The summed E-state index contributed by atoms with van der Waals surface area (Å²) in [5, 5.41) is 4.24. The van der Waals surface area contributed by atoms with Crippen LogP contribution in [0.4, 0.5) is 0 Å². The second kappa shape index (κ2) is 8.02. The number of fused-ring (bicyclic) bond motifs is 1. The topological polar surface area (TPSA) is 48.7 Å². The molecule has 1 aliphatic heterocycles. The molecule has 0 saturated carbocycles. The number of furan rings is 1. The number of likely N-dealkylation sites (N-methyl/N-ethyl adjacent to an activating group) is 1. The van der Waals surface area contributed by atoms with E-state index in [1.54, 1.807) is 6.26 Å². The second-order valence-corrected chi connectivity index (χ2v) is 7.21. The second-order valence-electron chi connectivity index (χ2n) is 7.21. The molecule has 1 atom stereocenters. The number of amides is 1. The number of carbonyl (C=O) groups is 1. The first-order chi connectivity index (χ1) is 12.0. The molecular weight excluding hydrogens is 314 g/mol. The number of nitrogens with zero attached hydrogens (tertiary/aromatic N) is 2. The highest BCUT2D eigenvalue weighted by atomic mass is 16.3. The van der Waals surface area contributed by atoms with Gasteiger partial charge >= 0.3 is 0 Å². The SMILES string of the molecule is CC[C@H](CN1CCN(C)CC1)NC(=O)Cc1coc2cc(C)ccc12. The van der Waals surface area contributed by atoms with Gasteiger partial charge in [0.05, 0.1) is 12.7 Å². The van der Waals surface area contributed by atoms with Gasteiger partial charge in [0.15, 0.2) is 0 Å². The summed E-state index contributed by atoms with van der Waals surface area (Å²) in [6, 6.07) is 6.31. The molecule has 2 aromatic rings. The van der Waals surface area contributed by atoms with E-state index in [4.69, 9.17) is 4.42 Å². The summed E-state index contributed by atoms with van der Waals surface area (Å²) in [7, 11) is 2.16. The number of hydrogen-bond donors (Lipinski definition) is 1. The minimum atomic E-state index is 0.0734. The Hall–Kier alpha value is -1.85. The molecule has 1 aliphatic rings. The van der Waals surface area contributed by atoms with Gasteiger partial charge in [0.1, 0.15) is 5.58 Å². The van der Waals surface area contributed by atoms with E-state index >= 15 is 0 Å². The fraction of sp³-hybridized carbons (Fsp3) is 0.550. The van der Waals surface area contributed by atoms with Crippen LogP contribution in [0.1, 0.15) is 24.5 Å². The highest BCUT2D eigenvalue weighted by molar-refractivity contribution is 5.88. The predicted octanol–water partition coefficient (Wildman–Crippen LogP) is 2.43. The summed E-state index contributed by atoms with van der Waals surface area (Å²) >= 11 is 0. The Morgan fingerprint density at radius 1 is 1.28 bits per heavy atom. The summed E-state index contributed by atoms with van der Waals surface area (Å²) in [5.41, 5.74) is 2.98. The smallest absolute Gasteiger partial charge is 0.224 e. The van der Waals surface area contributed by atoms with E-state index in [2.05, 4.69) is 35.2 Å². The van der Waals surface area contributed by atoms with Crippen LogP contribution >= 0.6 is 0 Å². The minimum Gasteiger partial charge on any atom is -0.464 e. The summed E-state index contributed by atoms with van der Waals surface area (Å²) in [6.45, 7) is 9.47. The molecule has 0 spiro atoms. The van der Waals surface area contributed by atoms with Gasteiger partial charge in [-0.05, 0) is 32.0 Å². The summed E-state index contributed by atoms with van der Waals surface area (Å²) < 4.78 is 5.60. The standard InChI is InChI=1S/C20H29N3O2/c1-4-17(13-23-9-7-22(3)8-10-23)21-20(24)12-16-14-25-19-11-15(2)5-6-18(16)19/h5-6,11,14,17H,4,7-10,12-13H2,1-3H3,(H,21,24)/t17-/m1/s1.